The molecule has 0 bridgehead atoms. The van der Waals surface area contributed by atoms with Gasteiger partial charge in [0, 0.05) is 24.4 Å². The number of hydrogen-bond donors (Lipinski definition) is 0. The fourth-order valence-corrected chi connectivity index (χ4v) is 2.87. The molecular formula is C11H15IN2O2S. The van der Waals surface area contributed by atoms with E-state index < -0.39 is 5.60 Å². The average Bonchev–Trinajstić information content (AvgIpc) is 2.45. The number of carbonyl (C=O) groups excluding carboxylic acids is 1. The van der Waals surface area contributed by atoms with Crippen molar-refractivity contribution in [3.05, 3.63) is 14.1 Å². The van der Waals surface area contributed by atoms with Crippen LogP contribution in [0.2, 0.25) is 0 Å². The van der Waals surface area contributed by atoms with Crippen LogP contribution in [-0.2, 0) is 4.74 Å². The molecule has 1 aliphatic heterocycles. The summed E-state index contributed by atoms with van der Waals surface area (Å²) in [7, 11) is 0. The lowest BCUT2D eigenvalue weighted by Gasteiger charge is -2.38. The molecule has 6 heteroatoms. The summed E-state index contributed by atoms with van der Waals surface area (Å²) in [6.45, 7) is 7.07. The number of hydrogen-bond acceptors (Lipinski definition) is 4. The van der Waals surface area contributed by atoms with Gasteiger partial charge in [-0.3, -0.25) is 0 Å². The third kappa shape index (κ3) is 3.31. The minimum Gasteiger partial charge on any atom is -0.444 e. The van der Waals surface area contributed by atoms with E-state index >= 15 is 0 Å². The number of likely N-dealkylation sites (tertiary alicyclic amines) is 1. The van der Waals surface area contributed by atoms with Gasteiger partial charge in [0.15, 0.2) is 3.01 Å². The Kier molecular flexibility index (Phi) is 3.63. The van der Waals surface area contributed by atoms with E-state index in [0.717, 1.165) is 8.71 Å². The Morgan fingerprint density at radius 3 is 2.71 bits per heavy atom. The molecule has 1 aromatic rings. The molecule has 17 heavy (non-hydrogen) atoms. The highest BCUT2D eigenvalue weighted by molar-refractivity contribution is 14.1. The molecule has 1 fully saturated rings. The number of amides is 1. The Hall–Kier alpha value is -0.370. The molecule has 1 amide bonds. The van der Waals surface area contributed by atoms with Crippen LogP contribution in [0.5, 0.6) is 0 Å². The number of ether oxygens (including phenoxy) is 1. The van der Waals surface area contributed by atoms with Crippen molar-refractivity contribution in [2.45, 2.75) is 32.3 Å². The molecule has 1 aromatic heterocycles. The minimum atomic E-state index is -0.418. The van der Waals surface area contributed by atoms with Crippen molar-refractivity contribution in [1.82, 2.24) is 9.88 Å². The van der Waals surface area contributed by atoms with Crippen LogP contribution in [0.25, 0.3) is 0 Å². The van der Waals surface area contributed by atoms with E-state index in [2.05, 4.69) is 33.0 Å². The number of aromatic nitrogens is 1. The van der Waals surface area contributed by atoms with Gasteiger partial charge in [0.2, 0.25) is 0 Å². The molecular weight excluding hydrogens is 351 g/mol. The molecule has 4 nitrogen and oxygen atoms in total. The van der Waals surface area contributed by atoms with E-state index in [0.29, 0.717) is 19.0 Å². The molecule has 0 aromatic carbocycles. The highest BCUT2D eigenvalue weighted by Crippen LogP contribution is 2.29. The van der Waals surface area contributed by atoms with Crippen molar-refractivity contribution in [1.29, 1.82) is 0 Å². The lowest BCUT2D eigenvalue weighted by Crippen LogP contribution is -2.50. The summed E-state index contributed by atoms with van der Waals surface area (Å²) in [6.07, 6.45) is -0.223. The Balaban J connectivity index is 1.85. The fourth-order valence-electron chi connectivity index (χ4n) is 1.59. The molecule has 94 valence electrons. The highest BCUT2D eigenvalue weighted by Gasteiger charge is 2.35. The maximum atomic E-state index is 11.7. The van der Waals surface area contributed by atoms with Crippen molar-refractivity contribution in [2.75, 3.05) is 13.1 Å². The van der Waals surface area contributed by atoms with Crippen LogP contribution in [0, 0.1) is 3.01 Å². The van der Waals surface area contributed by atoms with Crippen LogP contribution < -0.4 is 0 Å². The number of nitrogens with zero attached hydrogens (tertiary/aromatic N) is 2. The van der Waals surface area contributed by atoms with E-state index in [4.69, 9.17) is 4.74 Å². The maximum Gasteiger partial charge on any atom is 0.410 e. The van der Waals surface area contributed by atoms with Crippen molar-refractivity contribution < 1.29 is 9.53 Å². The third-order valence-electron chi connectivity index (χ3n) is 2.45. The van der Waals surface area contributed by atoms with Gasteiger partial charge in [-0.05, 0) is 43.4 Å². The molecule has 0 aliphatic carbocycles. The molecule has 2 rings (SSSR count). The summed E-state index contributed by atoms with van der Waals surface area (Å²) in [5.41, 5.74) is 0.678. The van der Waals surface area contributed by atoms with Crippen LogP contribution in [-0.4, -0.2) is 34.7 Å². The first-order valence-electron chi connectivity index (χ1n) is 5.44. The third-order valence-corrected chi connectivity index (χ3v) is 4.09. The largest absolute Gasteiger partial charge is 0.444 e. The highest BCUT2D eigenvalue weighted by atomic mass is 127. The Morgan fingerprint density at radius 1 is 1.59 bits per heavy atom. The summed E-state index contributed by atoms with van der Waals surface area (Å²) in [5, 5.41) is 2.07. The molecule has 0 atom stereocenters. The van der Waals surface area contributed by atoms with Crippen LogP contribution in [0.3, 0.4) is 0 Å². The van der Waals surface area contributed by atoms with Crippen LogP contribution >= 0.6 is 33.9 Å². The zero-order valence-electron chi connectivity index (χ0n) is 10.1. The van der Waals surface area contributed by atoms with Gasteiger partial charge in [-0.25, -0.2) is 9.78 Å². The van der Waals surface area contributed by atoms with Gasteiger partial charge in [0.25, 0.3) is 0 Å². The van der Waals surface area contributed by atoms with E-state index in [1.54, 1.807) is 16.2 Å². The number of carbonyl (C=O) groups is 1. The van der Waals surface area contributed by atoms with Crippen molar-refractivity contribution in [3.63, 3.8) is 0 Å². The fraction of sp³-hybridized carbons (Fsp3) is 0.636. The van der Waals surface area contributed by atoms with E-state index in [1.165, 1.54) is 0 Å². The quantitative estimate of drug-likeness (QED) is 0.718. The molecule has 0 spiro atoms. The Morgan fingerprint density at radius 2 is 2.24 bits per heavy atom. The Bertz CT molecular complexity index is 421. The van der Waals surface area contributed by atoms with Gasteiger partial charge < -0.3 is 9.64 Å². The van der Waals surface area contributed by atoms with Crippen LogP contribution in [0.15, 0.2) is 5.38 Å². The van der Waals surface area contributed by atoms with Crippen molar-refractivity contribution in [3.8, 4) is 0 Å². The molecule has 0 saturated carbocycles. The molecule has 1 saturated heterocycles. The molecule has 1 aliphatic rings. The molecule has 0 unspecified atom stereocenters. The zero-order valence-corrected chi connectivity index (χ0v) is 13.0. The first kappa shape index (κ1) is 13.1. The first-order valence-corrected chi connectivity index (χ1v) is 7.40. The number of halogens is 1. The summed E-state index contributed by atoms with van der Waals surface area (Å²) in [4.78, 5) is 17.9. The second-order valence-electron chi connectivity index (χ2n) is 5.11. The van der Waals surface area contributed by atoms with Gasteiger partial charge in [0.05, 0.1) is 5.69 Å². The summed E-state index contributed by atoms with van der Waals surface area (Å²) >= 11 is 3.86. The average molecular weight is 366 g/mol. The zero-order chi connectivity index (χ0) is 12.6. The lowest BCUT2D eigenvalue weighted by atomic mass is 9.98. The lowest BCUT2D eigenvalue weighted by molar-refractivity contribution is 0.00792. The van der Waals surface area contributed by atoms with E-state index in [-0.39, 0.29) is 6.09 Å². The van der Waals surface area contributed by atoms with Gasteiger partial charge in [0.1, 0.15) is 5.60 Å². The van der Waals surface area contributed by atoms with Crippen molar-refractivity contribution in [2.24, 2.45) is 0 Å². The van der Waals surface area contributed by atoms with E-state index in [1.807, 2.05) is 20.8 Å². The summed E-state index contributed by atoms with van der Waals surface area (Å²) in [6, 6.07) is 0. The number of rotatable bonds is 1. The standard InChI is InChI=1S/C11H15IN2O2S/c1-11(2,3)16-10(15)14-4-7(5-14)8-6-17-9(12)13-8/h6-7H,4-5H2,1-3H3. The normalized spacial score (nSPS) is 16.8. The van der Waals surface area contributed by atoms with Crippen LogP contribution in [0.1, 0.15) is 32.4 Å². The van der Waals surface area contributed by atoms with E-state index in [9.17, 15) is 4.79 Å². The number of thiazole rings is 1. The first-order chi connectivity index (χ1) is 7.85. The second-order valence-corrected chi connectivity index (χ2v) is 7.72. The van der Waals surface area contributed by atoms with Crippen molar-refractivity contribution >= 4 is 40.0 Å². The predicted octanol–water partition coefficient (Wildman–Crippen LogP) is 3.08. The monoisotopic (exact) mass is 366 g/mol. The smallest absolute Gasteiger partial charge is 0.410 e. The molecule has 0 N–H and O–H groups in total. The minimum absolute atomic E-state index is 0.223. The van der Waals surface area contributed by atoms with Gasteiger partial charge in [-0.2, -0.15) is 0 Å². The van der Waals surface area contributed by atoms with Gasteiger partial charge in [-0.15, -0.1) is 11.3 Å². The second kappa shape index (κ2) is 4.72. The maximum absolute atomic E-state index is 11.7. The Labute approximate surface area is 119 Å². The molecule has 0 radical (unpaired) electrons. The van der Waals surface area contributed by atoms with Crippen LogP contribution in [0.4, 0.5) is 4.79 Å². The topological polar surface area (TPSA) is 42.4 Å². The van der Waals surface area contributed by atoms with Gasteiger partial charge in [-0.1, -0.05) is 0 Å². The summed E-state index contributed by atoms with van der Waals surface area (Å²) < 4.78 is 6.35. The predicted molar refractivity (Wildman–Crippen MR) is 75.4 cm³/mol. The SMILES string of the molecule is CC(C)(C)OC(=O)N1CC(c2csc(I)n2)C1. The van der Waals surface area contributed by atoms with Gasteiger partial charge >= 0.3 is 6.09 Å². The molecule has 2 heterocycles. The summed E-state index contributed by atoms with van der Waals surface area (Å²) in [5.74, 6) is 0.377.